The normalized spacial score (nSPS) is 10.9. The van der Waals surface area contributed by atoms with Crippen LogP contribution < -0.4 is 0 Å². The van der Waals surface area contributed by atoms with Crippen molar-refractivity contribution in [3.63, 3.8) is 0 Å². The van der Waals surface area contributed by atoms with E-state index in [0.717, 1.165) is 6.42 Å². The molecule has 0 heterocycles. The lowest BCUT2D eigenvalue weighted by Gasteiger charge is -2.04. The van der Waals surface area contributed by atoms with Crippen LogP contribution in [0.25, 0.3) is 0 Å². The van der Waals surface area contributed by atoms with Crippen molar-refractivity contribution in [2.24, 2.45) is 0 Å². The molecule has 0 heteroatoms. The zero-order valence-corrected chi connectivity index (χ0v) is 16.9. The van der Waals surface area contributed by atoms with Gasteiger partial charge in [-0.25, -0.2) is 0 Å². The Morgan fingerprint density at radius 3 is 1.56 bits per heavy atom. The molecule has 0 saturated carbocycles. The number of aryl methyl sites for hydroxylation is 1. The van der Waals surface area contributed by atoms with Crippen LogP contribution in [0, 0.1) is 0 Å². The van der Waals surface area contributed by atoms with E-state index in [-0.39, 0.29) is 0 Å². The molecule has 0 aliphatic heterocycles. The fourth-order valence-corrected chi connectivity index (χ4v) is 3.47. The lowest BCUT2D eigenvalue weighted by atomic mass is 10.0. The Bertz CT molecular complexity index is 403. The van der Waals surface area contributed by atoms with Crippen LogP contribution >= 0.6 is 0 Å². The van der Waals surface area contributed by atoms with E-state index in [1.807, 2.05) is 0 Å². The van der Waals surface area contributed by atoms with Crippen LogP contribution in [0.2, 0.25) is 0 Å². The van der Waals surface area contributed by atoms with Gasteiger partial charge in [0, 0.05) is 0 Å². The average molecular weight is 343 g/mol. The molecular formula is C25H42. The summed E-state index contributed by atoms with van der Waals surface area (Å²) in [5, 5.41) is 0. The number of rotatable bonds is 17. The molecule has 0 amide bonds. The molecular weight excluding hydrogens is 300 g/mol. The molecule has 1 rings (SSSR count). The van der Waals surface area contributed by atoms with E-state index in [1.54, 1.807) is 0 Å². The van der Waals surface area contributed by atoms with Crippen molar-refractivity contribution in [2.75, 3.05) is 0 Å². The molecule has 142 valence electrons. The van der Waals surface area contributed by atoms with Crippen molar-refractivity contribution in [3.8, 4) is 0 Å². The van der Waals surface area contributed by atoms with Crippen LogP contribution in [0.15, 0.2) is 42.5 Å². The summed E-state index contributed by atoms with van der Waals surface area (Å²) in [5.74, 6) is 0. The highest BCUT2D eigenvalue weighted by molar-refractivity contribution is 5.14. The van der Waals surface area contributed by atoms with Gasteiger partial charge in [-0.15, -0.1) is 0 Å². The van der Waals surface area contributed by atoms with Gasteiger partial charge < -0.3 is 0 Å². The topological polar surface area (TPSA) is 0 Å². The fraction of sp³-hybridized carbons (Fsp3) is 0.680. The van der Waals surface area contributed by atoms with Gasteiger partial charge in [-0.2, -0.15) is 0 Å². The Morgan fingerprint density at radius 1 is 0.640 bits per heavy atom. The lowest BCUT2D eigenvalue weighted by Crippen LogP contribution is -1.86. The lowest BCUT2D eigenvalue weighted by molar-refractivity contribution is 0.536. The van der Waals surface area contributed by atoms with Gasteiger partial charge in [-0.1, -0.05) is 120 Å². The third kappa shape index (κ3) is 13.9. The van der Waals surface area contributed by atoms with Crippen molar-refractivity contribution in [1.82, 2.24) is 0 Å². The Balaban J connectivity index is 1.73. The highest BCUT2D eigenvalue weighted by atomic mass is 14.0. The van der Waals surface area contributed by atoms with E-state index in [0.29, 0.717) is 0 Å². The molecule has 0 bridgehead atoms. The highest BCUT2D eigenvalue weighted by Crippen LogP contribution is 2.15. The number of allylic oxidation sites excluding steroid dienone is 1. The van der Waals surface area contributed by atoms with Gasteiger partial charge in [-0.05, 0) is 37.7 Å². The summed E-state index contributed by atoms with van der Waals surface area (Å²) in [7, 11) is 0. The Labute approximate surface area is 158 Å². The maximum Gasteiger partial charge on any atom is -0.0279 e. The molecule has 0 aliphatic rings. The van der Waals surface area contributed by atoms with Crippen LogP contribution in [-0.4, -0.2) is 0 Å². The Hall–Kier alpha value is -1.04. The van der Waals surface area contributed by atoms with Crippen LogP contribution in [0.5, 0.6) is 0 Å². The molecule has 0 spiro atoms. The third-order valence-electron chi connectivity index (χ3n) is 5.34. The van der Waals surface area contributed by atoms with E-state index >= 15 is 0 Å². The quantitative estimate of drug-likeness (QED) is 0.196. The second kappa shape index (κ2) is 16.4. The minimum atomic E-state index is 1.16. The average Bonchev–Trinajstić information content (AvgIpc) is 2.65. The monoisotopic (exact) mass is 342 g/mol. The molecule has 0 atom stereocenters. The van der Waals surface area contributed by atoms with E-state index in [4.69, 9.17) is 0 Å². The maximum absolute atomic E-state index is 4.09. The molecule has 0 nitrogen and oxygen atoms in total. The molecule has 0 aliphatic carbocycles. The Kier molecular flexibility index (Phi) is 14.5. The maximum atomic E-state index is 4.09. The van der Waals surface area contributed by atoms with Crippen molar-refractivity contribution in [1.29, 1.82) is 0 Å². The van der Waals surface area contributed by atoms with Crippen LogP contribution in [0.3, 0.4) is 0 Å². The van der Waals surface area contributed by atoms with E-state index in [1.165, 1.54) is 107 Å². The number of unbranched alkanes of at least 4 members (excludes halogenated alkanes) is 12. The summed E-state index contributed by atoms with van der Waals surface area (Å²) in [6, 6.07) is 10.9. The minimum Gasteiger partial charge on any atom is -0.0999 e. The molecule has 0 unspecified atom stereocenters. The molecule has 0 fully saturated rings. The minimum absolute atomic E-state index is 1.16. The van der Waals surface area contributed by atoms with E-state index in [9.17, 15) is 0 Å². The molecule has 0 N–H and O–H groups in total. The summed E-state index contributed by atoms with van der Waals surface area (Å²) in [6.45, 7) is 6.30. The summed E-state index contributed by atoms with van der Waals surface area (Å²) in [4.78, 5) is 0. The van der Waals surface area contributed by atoms with Gasteiger partial charge in [0.2, 0.25) is 0 Å². The highest BCUT2D eigenvalue weighted by Gasteiger charge is 1.96. The molecule has 25 heavy (non-hydrogen) atoms. The summed E-state index contributed by atoms with van der Waals surface area (Å²) >= 11 is 0. The van der Waals surface area contributed by atoms with Gasteiger partial charge in [0.25, 0.3) is 0 Å². The molecule has 0 radical (unpaired) electrons. The first-order chi connectivity index (χ1) is 12.3. The molecule has 1 aromatic carbocycles. The number of benzene rings is 1. The SMILES string of the molecule is C=C(CC)CCCCCCCCCCCCCCCc1ccccc1. The van der Waals surface area contributed by atoms with Crippen LogP contribution in [0.4, 0.5) is 0 Å². The van der Waals surface area contributed by atoms with E-state index < -0.39 is 0 Å². The summed E-state index contributed by atoms with van der Waals surface area (Å²) in [6.07, 6.45) is 22.2. The summed E-state index contributed by atoms with van der Waals surface area (Å²) in [5.41, 5.74) is 2.93. The van der Waals surface area contributed by atoms with Crippen molar-refractivity contribution >= 4 is 0 Å². The predicted molar refractivity (Wildman–Crippen MR) is 114 cm³/mol. The van der Waals surface area contributed by atoms with Crippen LogP contribution in [-0.2, 0) is 6.42 Å². The second-order valence-electron chi connectivity index (χ2n) is 7.69. The Morgan fingerprint density at radius 2 is 1.08 bits per heavy atom. The first kappa shape index (κ1) is 22.0. The van der Waals surface area contributed by atoms with Gasteiger partial charge in [0.1, 0.15) is 0 Å². The van der Waals surface area contributed by atoms with Gasteiger partial charge in [0.05, 0.1) is 0 Å². The van der Waals surface area contributed by atoms with Gasteiger partial charge >= 0.3 is 0 Å². The summed E-state index contributed by atoms with van der Waals surface area (Å²) < 4.78 is 0. The van der Waals surface area contributed by atoms with E-state index in [2.05, 4.69) is 43.8 Å². The smallest absolute Gasteiger partial charge is 0.0279 e. The zero-order valence-electron chi connectivity index (χ0n) is 16.9. The number of hydrogen-bond donors (Lipinski definition) is 0. The molecule has 0 saturated heterocycles. The van der Waals surface area contributed by atoms with Gasteiger partial charge in [0.15, 0.2) is 0 Å². The fourth-order valence-electron chi connectivity index (χ4n) is 3.47. The van der Waals surface area contributed by atoms with Crippen molar-refractivity contribution < 1.29 is 0 Å². The number of hydrogen-bond acceptors (Lipinski definition) is 0. The van der Waals surface area contributed by atoms with Gasteiger partial charge in [-0.3, -0.25) is 0 Å². The molecule has 0 aromatic heterocycles. The predicted octanol–water partition coefficient (Wildman–Crippen LogP) is 8.66. The van der Waals surface area contributed by atoms with Crippen molar-refractivity contribution in [3.05, 3.63) is 48.0 Å². The van der Waals surface area contributed by atoms with Crippen molar-refractivity contribution in [2.45, 2.75) is 110 Å². The third-order valence-corrected chi connectivity index (χ3v) is 5.34. The standard InChI is InChI=1S/C25H42/c1-3-24(2)20-16-13-11-9-7-5-4-6-8-10-12-14-17-21-25-22-18-15-19-23-25/h15,18-19,22-23H,2-14,16-17,20-21H2,1H3. The molecule has 1 aromatic rings. The second-order valence-corrected chi connectivity index (χ2v) is 7.69. The largest absolute Gasteiger partial charge is 0.0999 e. The zero-order chi connectivity index (χ0) is 18.0. The first-order valence-corrected chi connectivity index (χ1v) is 11.0. The van der Waals surface area contributed by atoms with Crippen LogP contribution in [0.1, 0.15) is 109 Å². The first-order valence-electron chi connectivity index (χ1n) is 11.0.